The highest BCUT2D eigenvalue weighted by Crippen LogP contribution is 2.26. The Hall–Kier alpha value is -0.670. The van der Waals surface area contributed by atoms with E-state index in [1.165, 1.54) is 6.07 Å². The Balaban J connectivity index is 0.00000264. The molecule has 0 aromatic heterocycles. The largest absolute Gasteiger partial charge is 0.339 e. The van der Waals surface area contributed by atoms with Crippen molar-refractivity contribution in [3.63, 3.8) is 0 Å². The van der Waals surface area contributed by atoms with Gasteiger partial charge >= 0.3 is 0 Å². The van der Waals surface area contributed by atoms with E-state index in [9.17, 15) is 13.2 Å². The van der Waals surface area contributed by atoms with E-state index in [1.54, 1.807) is 24.9 Å². The zero-order valence-electron chi connectivity index (χ0n) is 13.0. The Kier molecular flexibility index (Phi) is 7.03. The van der Waals surface area contributed by atoms with Gasteiger partial charge in [0.05, 0.1) is 4.90 Å². The molecule has 6 nitrogen and oxygen atoms in total. The second-order valence-corrected chi connectivity index (χ2v) is 7.96. The molecular formula is C14H21BrClN3O3S. The van der Waals surface area contributed by atoms with Crippen LogP contribution in [0, 0.1) is 6.92 Å². The maximum absolute atomic E-state index is 12.7. The summed E-state index contributed by atoms with van der Waals surface area (Å²) >= 11 is 3.25. The second kappa shape index (κ2) is 7.94. The molecule has 0 bridgehead atoms. The fourth-order valence-corrected chi connectivity index (χ4v) is 4.16. The molecule has 1 amide bonds. The molecule has 0 spiro atoms. The zero-order chi connectivity index (χ0) is 16.5. The van der Waals surface area contributed by atoms with Crippen LogP contribution in [0.3, 0.4) is 0 Å². The number of hydrogen-bond donors (Lipinski definition) is 2. The van der Waals surface area contributed by atoms with E-state index < -0.39 is 10.0 Å². The highest BCUT2D eigenvalue weighted by Gasteiger charge is 2.26. The van der Waals surface area contributed by atoms with Crippen molar-refractivity contribution in [1.82, 2.24) is 10.2 Å². The predicted molar refractivity (Wildman–Crippen MR) is 95.5 cm³/mol. The van der Waals surface area contributed by atoms with Gasteiger partial charge in [0, 0.05) is 23.1 Å². The number of sulfonamides is 1. The van der Waals surface area contributed by atoms with Crippen LogP contribution < -0.4 is 10.5 Å². The number of rotatable bonds is 3. The van der Waals surface area contributed by atoms with Crippen LogP contribution in [0.5, 0.6) is 0 Å². The van der Waals surface area contributed by atoms with Crippen LogP contribution in [-0.2, 0) is 10.0 Å². The quantitative estimate of drug-likeness (QED) is 0.768. The lowest BCUT2D eigenvalue weighted by Crippen LogP contribution is -2.44. The summed E-state index contributed by atoms with van der Waals surface area (Å²) in [7, 11) is -2.11. The Bertz CT molecular complexity index is 691. The molecule has 3 N–H and O–H groups in total. The number of halogens is 2. The van der Waals surface area contributed by atoms with Crippen molar-refractivity contribution in [3.8, 4) is 0 Å². The van der Waals surface area contributed by atoms with Gasteiger partial charge in [0.15, 0.2) is 0 Å². The molecule has 130 valence electrons. The maximum atomic E-state index is 12.7. The molecule has 1 aromatic rings. The van der Waals surface area contributed by atoms with Crippen LogP contribution in [0.15, 0.2) is 21.5 Å². The van der Waals surface area contributed by atoms with Gasteiger partial charge in [0.25, 0.3) is 5.91 Å². The molecular weight excluding hydrogens is 406 g/mol. The number of nitrogens with zero attached hydrogens (tertiary/aromatic N) is 1. The van der Waals surface area contributed by atoms with E-state index in [2.05, 4.69) is 21.2 Å². The van der Waals surface area contributed by atoms with Crippen molar-refractivity contribution in [2.75, 3.05) is 20.1 Å². The van der Waals surface area contributed by atoms with Crippen molar-refractivity contribution >= 4 is 44.3 Å². The molecule has 1 heterocycles. The summed E-state index contributed by atoms with van der Waals surface area (Å²) in [6, 6.07) is 3.22. The van der Waals surface area contributed by atoms with Crippen molar-refractivity contribution in [2.24, 2.45) is 5.14 Å². The number of hydrogen-bond acceptors (Lipinski definition) is 4. The standard InChI is InChI=1S/C14H20BrN3O3S.ClH/c1-9-12(7-10(15)8-13(9)22(16,20)21)14(19)18(2)11-3-5-17-6-4-11;/h7-8,11,17H,3-6H2,1-2H3,(H2,16,20,21);1H. The monoisotopic (exact) mass is 425 g/mol. The molecule has 1 saturated heterocycles. The summed E-state index contributed by atoms with van der Waals surface area (Å²) in [5, 5.41) is 8.49. The average molecular weight is 427 g/mol. The molecule has 23 heavy (non-hydrogen) atoms. The second-order valence-electron chi connectivity index (χ2n) is 5.52. The lowest BCUT2D eigenvalue weighted by molar-refractivity contribution is 0.0702. The van der Waals surface area contributed by atoms with E-state index in [1.807, 2.05) is 0 Å². The molecule has 0 saturated carbocycles. The average Bonchev–Trinajstić information content (AvgIpc) is 2.47. The molecule has 1 aliphatic heterocycles. The number of piperidine rings is 1. The van der Waals surface area contributed by atoms with Gasteiger partial charge in [-0.2, -0.15) is 0 Å². The summed E-state index contributed by atoms with van der Waals surface area (Å²) in [5.41, 5.74) is 0.746. The molecule has 0 aliphatic carbocycles. The number of nitrogens with two attached hydrogens (primary N) is 1. The molecule has 1 aromatic carbocycles. The summed E-state index contributed by atoms with van der Waals surface area (Å²) in [6.45, 7) is 3.36. The molecule has 1 aliphatic rings. The summed E-state index contributed by atoms with van der Waals surface area (Å²) in [5.74, 6) is -0.185. The number of primary sulfonamides is 1. The van der Waals surface area contributed by atoms with Crippen molar-refractivity contribution in [2.45, 2.75) is 30.7 Å². The van der Waals surface area contributed by atoms with E-state index in [0.29, 0.717) is 15.6 Å². The number of nitrogens with one attached hydrogen (secondary N) is 1. The highest BCUT2D eigenvalue weighted by molar-refractivity contribution is 9.10. The minimum Gasteiger partial charge on any atom is -0.339 e. The number of carbonyl (C=O) groups is 1. The smallest absolute Gasteiger partial charge is 0.254 e. The Morgan fingerprint density at radius 1 is 1.35 bits per heavy atom. The van der Waals surface area contributed by atoms with Gasteiger partial charge in [-0.1, -0.05) is 15.9 Å². The van der Waals surface area contributed by atoms with Crippen molar-refractivity contribution < 1.29 is 13.2 Å². The third kappa shape index (κ3) is 4.67. The lowest BCUT2D eigenvalue weighted by Gasteiger charge is -2.32. The van der Waals surface area contributed by atoms with Crippen LogP contribution in [0.1, 0.15) is 28.8 Å². The lowest BCUT2D eigenvalue weighted by atomic mass is 10.0. The minimum absolute atomic E-state index is 0. The van der Waals surface area contributed by atoms with E-state index in [-0.39, 0.29) is 29.3 Å². The Morgan fingerprint density at radius 2 is 1.91 bits per heavy atom. The summed E-state index contributed by atoms with van der Waals surface area (Å²) < 4.78 is 23.9. The zero-order valence-corrected chi connectivity index (χ0v) is 16.2. The first-order valence-corrected chi connectivity index (χ1v) is 9.36. The van der Waals surface area contributed by atoms with Crippen LogP contribution >= 0.6 is 28.3 Å². The van der Waals surface area contributed by atoms with E-state index in [0.717, 1.165) is 25.9 Å². The van der Waals surface area contributed by atoms with E-state index in [4.69, 9.17) is 5.14 Å². The highest BCUT2D eigenvalue weighted by atomic mass is 79.9. The third-order valence-electron chi connectivity index (χ3n) is 4.04. The van der Waals surface area contributed by atoms with Crippen LogP contribution in [0.4, 0.5) is 0 Å². The Morgan fingerprint density at radius 3 is 2.43 bits per heavy atom. The molecule has 0 radical (unpaired) electrons. The minimum atomic E-state index is -3.87. The fraction of sp³-hybridized carbons (Fsp3) is 0.500. The van der Waals surface area contributed by atoms with Crippen LogP contribution in [0.25, 0.3) is 0 Å². The first kappa shape index (κ1) is 20.4. The molecule has 9 heteroatoms. The SMILES string of the molecule is Cc1c(C(=O)N(C)C2CCNCC2)cc(Br)cc1S(N)(=O)=O.Cl. The molecule has 2 rings (SSSR count). The van der Waals surface area contributed by atoms with E-state index >= 15 is 0 Å². The molecule has 0 unspecified atom stereocenters. The van der Waals surface area contributed by atoms with Crippen LogP contribution in [-0.4, -0.2) is 45.4 Å². The van der Waals surface area contributed by atoms with Gasteiger partial charge in [0.2, 0.25) is 10.0 Å². The molecule has 1 fully saturated rings. The number of amides is 1. The van der Waals surface area contributed by atoms with Gasteiger partial charge in [-0.3, -0.25) is 4.79 Å². The first-order chi connectivity index (χ1) is 10.2. The number of benzene rings is 1. The predicted octanol–water partition coefficient (Wildman–Crippen LogP) is 1.65. The van der Waals surface area contributed by atoms with Crippen molar-refractivity contribution in [3.05, 3.63) is 27.7 Å². The summed E-state index contributed by atoms with van der Waals surface area (Å²) in [4.78, 5) is 14.4. The van der Waals surface area contributed by atoms with Gasteiger partial charge in [-0.25, -0.2) is 13.6 Å². The Labute approximate surface area is 151 Å². The summed E-state index contributed by atoms with van der Waals surface area (Å²) in [6.07, 6.45) is 1.77. The van der Waals surface area contributed by atoms with Gasteiger partial charge in [-0.05, 0) is 50.6 Å². The topological polar surface area (TPSA) is 92.5 Å². The van der Waals surface area contributed by atoms with Crippen LogP contribution in [0.2, 0.25) is 0 Å². The first-order valence-electron chi connectivity index (χ1n) is 7.02. The van der Waals surface area contributed by atoms with Gasteiger partial charge < -0.3 is 10.2 Å². The van der Waals surface area contributed by atoms with Gasteiger partial charge in [0.1, 0.15) is 0 Å². The fourth-order valence-electron chi connectivity index (χ4n) is 2.72. The molecule has 0 atom stereocenters. The van der Waals surface area contributed by atoms with Crippen molar-refractivity contribution in [1.29, 1.82) is 0 Å². The number of carbonyl (C=O) groups excluding carboxylic acids is 1. The third-order valence-corrected chi connectivity index (χ3v) is 5.53. The van der Waals surface area contributed by atoms with Gasteiger partial charge in [-0.15, -0.1) is 12.4 Å². The maximum Gasteiger partial charge on any atom is 0.254 e. The normalized spacial score (nSPS) is 15.8.